The molecular formula is C7H10O6. The van der Waals surface area contributed by atoms with E-state index >= 15 is 0 Å². The molecule has 1 unspecified atom stereocenters. The van der Waals surface area contributed by atoms with Gasteiger partial charge in [0.1, 0.15) is 0 Å². The van der Waals surface area contributed by atoms with Crippen LogP contribution in [0.15, 0.2) is 0 Å². The number of aliphatic hydroxyl groups is 1. The summed E-state index contributed by atoms with van der Waals surface area (Å²) >= 11 is 0. The molecule has 0 rings (SSSR count). The zero-order valence-corrected chi connectivity index (χ0v) is 7.02. The lowest BCUT2D eigenvalue weighted by Crippen LogP contribution is -2.25. The molecule has 0 aromatic carbocycles. The van der Waals surface area contributed by atoms with E-state index in [1.165, 1.54) is 0 Å². The molecule has 0 aliphatic carbocycles. The van der Waals surface area contributed by atoms with Crippen LogP contribution in [0.2, 0.25) is 0 Å². The normalized spacial score (nSPS) is 11.8. The van der Waals surface area contributed by atoms with E-state index in [1.807, 2.05) is 0 Å². The Morgan fingerprint density at radius 3 is 2.31 bits per heavy atom. The van der Waals surface area contributed by atoms with Gasteiger partial charge in [0, 0.05) is 13.3 Å². The van der Waals surface area contributed by atoms with Gasteiger partial charge in [-0.3, -0.25) is 9.59 Å². The third-order valence-corrected chi connectivity index (χ3v) is 1.15. The second kappa shape index (κ2) is 5.26. The summed E-state index contributed by atoms with van der Waals surface area (Å²) in [5, 5.41) is 17.1. The highest BCUT2D eigenvalue weighted by atomic mass is 16.6. The van der Waals surface area contributed by atoms with E-state index in [0.717, 1.165) is 6.92 Å². The molecule has 0 heterocycles. The Morgan fingerprint density at radius 1 is 1.38 bits per heavy atom. The Bertz CT molecular complexity index is 221. The van der Waals surface area contributed by atoms with Crippen LogP contribution in [-0.2, 0) is 19.1 Å². The monoisotopic (exact) mass is 190 g/mol. The fraction of sp³-hybridized carbons (Fsp3) is 0.571. The summed E-state index contributed by atoms with van der Waals surface area (Å²) < 4.78 is 4.02. The number of carboxylic acids is 1. The van der Waals surface area contributed by atoms with Gasteiger partial charge in [0.15, 0.2) is 6.10 Å². The van der Waals surface area contributed by atoms with Gasteiger partial charge in [-0.2, -0.15) is 0 Å². The minimum atomic E-state index is -1.56. The van der Waals surface area contributed by atoms with Crippen molar-refractivity contribution < 1.29 is 29.3 Å². The lowest BCUT2D eigenvalue weighted by Gasteiger charge is -2.05. The average molecular weight is 190 g/mol. The summed E-state index contributed by atoms with van der Waals surface area (Å²) in [5.74, 6) is -3.08. The maximum atomic E-state index is 10.7. The summed E-state index contributed by atoms with van der Waals surface area (Å²) in [4.78, 5) is 30.9. The molecule has 0 saturated carbocycles. The molecule has 13 heavy (non-hydrogen) atoms. The first-order valence-corrected chi connectivity index (χ1v) is 3.55. The standard InChI is InChI=1S/C7H10O6/c1-4(8)13-7(12)5(9)2-3-6(10)11/h5,9H,2-3H2,1H3,(H,10,11). The Morgan fingerprint density at radius 2 is 1.92 bits per heavy atom. The number of ether oxygens (including phenoxy) is 1. The van der Waals surface area contributed by atoms with Crippen LogP contribution in [0.4, 0.5) is 0 Å². The average Bonchev–Trinajstić information content (AvgIpc) is 1.98. The number of carbonyl (C=O) groups excluding carboxylic acids is 2. The minimum Gasteiger partial charge on any atom is -0.481 e. The molecule has 6 nitrogen and oxygen atoms in total. The number of aliphatic carboxylic acids is 1. The van der Waals surface area contributed by atoms with Crippen LogP contribution in [0.25, 0.3) is 0 Å². The van der Waals surface area contributed by atoms with E-state index in [2.05, 4.69) is 4.74 Å². The van der Waals surface area contributed by atoms with E-state index in [-0.39, 0.29) is 12.8 Å². The molecule has 2 N–H and O–H groups in total. The molecule has 0 saturated heterocycles. The molecule has 0 aromatic heterocycles. The molecule has 0 amide bonds. The summed E-state index contributed by atoms with van der Waals surface area (Å²) in [7, 11) is 0. The molecule has 0 bridgehead atoms. The Hall–Kier alpha value is -1.43. The van der Waals surface area contributed by atoms with Gasteiger partial charge in [-0.15, -0.1) is 0 Å². The van der Waals surface area contributed by atoms with Crippen molar-refractivity contribution in [3.05, 3.63) is 0 Å². The highest BCUT2D eigenvalue weighted by molar-refractivity contribution is 5.86. The van der Waals surface area contributed by atoms with Crippen LogP contribution in [0.5, 0.6) is 0 Å². The smallest absolute Gasteiger partial charge is 0.342 e. The van der Waals surface area contributed by atoms with Crippen molar-refractivity contribution in [1.82, 2.24) is 0 Å². The SMILES string of the molecule is CC(=O)OC(=O)C(O)CCC(=O)O. The second-order valence-electron chi connectivity index (χ2n) is 2.36. The Kier molecular flexibility index (Phi) is 4.68. The predicted molar refractivity (Wildman–Crippen MR) is 39.6 cm³/mol. The van der Waals surface area contributed by atoms with Gasteiger partial charge in [-0.25, -0.2) is 4.79 Å². The fourth-order valence-corrected chi connectivity index (χ4v) is 0.588. The predicted octanol–water partition coefficient (Wildman–Crippen LogP) is -0.698. The molecule has 0 aromatic rings. The highest BCUT2D eigenvalue weighted by Crippen LogP contribution is 1.99. The van der Waals surface area contributed by atoms with Crippen LogP contribution in [0, 0.1) is 0 Å². The lowest BCUT2D eigenvalue weighted by atomic mass is 10.2. The number of rotatable bonds is 4. The quantitative estimate of drug-likeness (QED) is 0.449. The Balaban J connectivity index is 3.82. The number of aliphatic hydroxyl groups excluding tert-OH is 1. The van der Waals surface area contributed by atoms with Gasteiger partial charge in [0.2, 0.25) is 0 Å². The fourth-order valence-electron chi connectivity index (χ4n) is 0.588. The first-order chi connectivity index (χ1) is 5.93. The number of hydrogen-bond donors (Lipinski definition) is 2. The molecule has 0 aliphatic rings. The van der Waals surface area contributed by atoms with Crippen molar-refractivity contribution in [1.29, 1.82) is 0 Å². The van der Waals surface area contributed by atoms with Crippen molar-refractivity contribution in [3.63, 3.8) is 0 Å². The second-order valence-corrected chi connectivity index (χ2v) is 2.36. The van der Waals surface area contributed by atoms with Crippen LogP contribution in [0.1, 0.15) is 19.8 Å². The summed E-state index contributed by atoms with van der Waals surface area (Å²) in [5.41, 5.74) is 0. The van der Waals surface area contributed by atoms with Crippen LogP contribution < -0.4 is 0 Å². The van der Waals surface area contributed by atoms with Gasteiger partial charge in [0.25, 0.3) is 0 Å². The zero-order chi connectivity index (χ0) is 10.4. The number of carboxylic acid groups (broad SMARTS) is 1. The summed E-state index contributed by atoms with van der Waals surface area (Å²) in [6, 6.07) is 0. The Labute approximate surface area is 74.1 Å². The van der Waals surface area contributed by atoms with Gasteiger partial charge in [0.05, 0.1) is 0 Å². The third-order valence-electron chi connectivity index (χ3n) is 1.15. The maximum absolute atomic E-state index is 10.7. The van der Waals surface area contributed by atoms with Crippen LogP contribution >= 0.6 is 0 Å². The third kappa shape index (κ3) is 5.80. The summed E-state index contributed by atoms with van der Waals surface area (Å²) in [6.07, 6.45) is -2.17. The first kappa shape index (κ1) is 11.6. The zero-order valence-electron chi connectivity index (χ0n) is 7.02. The summed E-state index contributed by atoms with van der Waals surface area (Å²) in [6.45, 7) is 1.02. The first-order valence-electron chi connectivity index (χ1n) is 3.55. The van der Waals surface area contributed by atoms with Crippen LogP contribution in [-0.4, -0.2) is 34.2 Å². The van der Waals surface area contributed by atoms with Crippen molar-refractivity contribution in [2.75, 3.05) is 0 Å². The number of hydrogen-bond acceptors (Lipinski definition) is 5. The van der Waals surface area contributed by atoms with Crippen molar-refractivity contribution in [3.8, 4) is 0 Å². The molecule has 0 spiro atoms. The largest absolute Gasteiger partial charge is 0.481 e. The molecule has 0 aliphatic heterocycles. The van der Waals surface area contributed by atoms with E-state index in [1.54, 1.807) is 0 Å². The lowest BCUT2D eigenvalue weighted by molar-refractivity contribution is -0.164. The molecule has 0 fully saturated rings. The van der Waals surface area contributed by atoms with E-state index in [9.17, 15) is 14.4 Å². The van der Waals surface area contributed by atoms with Crippen molar-refractivity contribution in [2.24, 2.45) is 0 Å². The van der Waals surface area contributed by atoms with Crippen molar-refractivity contribution in [2.45, 2.75) is 25.9 Å². The van der Waals surface area contributed by atoms with Gasteiger partial charge >= 0.3 is 17.9 Å². The molecule has 74 valence electrons. The number of carbonyl (C=O) groups is 3. The molecule has 0 radical (unpaired) electrons. The van der Waals surface area contributed by atoms with E-state index < -0.39 is 24.0 Å². The topological polar surface area (TPSA) is 101 Å². The van der Waals surface area contributed by atoms with Gasteiger partial charge in [-0.1, -0.05) is 0 Å². The minimum absolute atomic E-state index is 0.262. The molecule has 6 heteroatoms. The van der Waals surface area contributed by atoms with E-state index in [0.29, 0.717) is 0 Å². The maximum Gasteiger partial charge on any atom is 0.342 e. The van der Waals surface area contributed by atoms with Gasteiger partial charge < -0.3 is 14.9 Å². The van der Waals surface area contributed by atoms with E-state index in [4.69, 9.17) is 10.2 Å². The molecule has 1 atom stereocenters. The van der Waals surface area contributed by atoms with Crippen molar-refractivity contribution >= 4 is 17.9 Å². The number of esters is 2. The van der Waals surface area contributed by atoms with Gasteiger partial charge in [-0.05, 0) is 6.42 Å². The highest BCUT2D eigenvalue weighted by Gasteiger charge is 2.19. The van der Waals surface area contributed by atoms with Crippen LogP contribution in [0.3, 0.4) is 0 Å². The molecular weight excluding hydrogens is 180 g/mol.